The van der Waals surface area contributed by atoms with Crippen LogP contribution >= 0.6 is 0 Å². The average molecular weight is 388 g/mol. The molecule has 28 heavy (non-hydrogen) atoms. The van der Waals surface area contributed by atoms with Crippen LogP contribution in [0, 0.1) is 11.6 Å². The van der Waals surface area contributed by atoms with E-state index in [1.54, 1.807) is 24.3 Å². The zero-order valence-corrected chi connectivity index (χ0v) is 15.8. The molecule has 4 nitrogen and oxygen atoms in total. The van der Waals surface area contributed by atoms with Gasteiger partial charge in [0, 0.05) is 24.2 Å². The van der Waals surface area contributed by atoms with Crippen molar-refractivity contribution >= 4 is 23.2 Å². The van der Waals surface area contributed by atoms with E-state index in [-0.39, 0.29) is 23.4 Å². The summed E-state index contributed by atoms with van der Waals surface area (Å²) < 4.78 is 26.1. The lowest BCUT2D eigenvalue weighted by atomic mass is 10.1. The van der Waals surface area contributed by atoms with Crippen LogP contribution in [-0.4, -0.2) is 11.8 Å². The van der Waals surface area contributed by atoms with Gasteiger partial charge in [0.2, 0.25) is 11.8 Å². The highest BCUT2D eigenvalue weighted by molar-refractivity contribution is 5.91. The maximum atomic E-state index is 13.1. The Bertz CT molecular complexity index is 715. The summed E-state index contributed by atoms with van der Waals surface area (Å²) in [6, 6.07) is 11.7. The molecule has 2 rings (SSSR count). The molecule has 0 bridgehead atoms. The largest absolute Gasteiger partial charge is 0.326 e. The quantitative estimate of drug-likeness (QED) is 0.488. The molecule has 2 N–H and O–H groups in total. The third-order valence-corrected chi connectivity index (χ3v) is 4.27. The van der Waals surface area contributed by atoms with Gasteiger partial charge in [-0.05, 0) is 49.2 Å². The molecule has 0 fully saturated rings. The number of anilines is 2. The van der Waals surface area contributed by atoms with Crippen LogP contribution in [0.3, 0.4) is 0 Å². The zero-order chi connectivity index (χ0) is 20.2. The SMILES string of the molecule is O=C(CCCCCCCCC(=O)Nc1cccc(F)c1)Nc1cccc(F)c1. The van der Waals surface area contributed by atoms with Crippen molar-refractivity contribution in [3.8, 4) is 0 Å². The molecule has 150 valence electrons. The molecule has 0 aliphatic heterocycles. The monoisotopic (exact) mass is 388 g/mol. The van der Waals surface area contributed by atoms with Gasteiger partial charge in [0.05, 0.1) is 0 Å². The zero-order valence-electron chi connectivity index (χ0n) is 15.8. The van der Waals surface area contributed by atoms with Crippen LogP contribution in [0.25, 0.3) is 0 Å². The Labute approximate surface area is 164 Å². The van der Waals surface area contributed by atoms with E-state index in [1.165, 1.54) is 24.3 Å². The topological polar surface area (TPSA) is 58.2 Å². The van der Waals surface area contributed by atoms with Gasteiger partial charge in [-0.15, -0.1) is 0 Å². The summed E-state index contributed by atoms with van der Waals surface area (Å²) in [4.78, 5) is 23.6. The molecule has 0 saturated heterocycles. The van der Waals surface area contributed by atoms with Gasteiger partial charge >= 0.3 is 0 Å². The molecule has 0 aromatic heterocycles. The fraction of sp³-hybridized carbons (Fsp3) is 0.364. The van der Waals surface area contributed by atoms with Crippen LogP contribution in [0.5, 0.6) is 0 Å². The maximum Gasteiger partial charge on any atom is 0.224 e. The van der Waals surface area contributed by atoms with Crippen molar-refractivity contribution in [3.63, 3.8) is 0 Å². The summed E-state index contributed by atoms with van der Waals surface area (Å²) in [6.45, 7) is 0. The highest BCUT2D eigenvalue weighted by Crippen LogP contribution is 2.13. The standard InChI is InChI=1S/C22H26F2N2O2/c23-17-9-7-11-19(15-17)25-21(27)13-5-3-1-2-4-6-14-22(28)26-20-12-8-10-18(24)16-20/h7-12,15-16H,1-6,13-14H2,(H,25,27)(H,26,28). The minimum atomic E-state index is -0.373. The van der Waals surface area contributed by atoms with E-state index in [1.807, 2.05) is 0 Å². The van der Waals surface area contributed by atoms with Crippen molar-refractivity contribution in [3.05, 3.63) is 60.2 Å². The van der Waals surface area contributed by atoms with Crippen LogP contribution in [0.1, 0.15) is 51.4 Å². The fourth-order valence-electron chi connectivity index (χ4n) is 2.86. The molecule has 2 amide bonds. The second-order valence-corrected chi connectivity index (χ2v) is 6.74. The highest BCUT2D eigenvalue weighted by Gasteiger charge is 2.04. The van der Waals surface area contributed by atoms with Crippen molar-refractivity contribution in [2.24, 2.45) is 0 Å². The Kier molecular flexibility index (Phi) is 9.11. The first-order valence-corrected chi connectivity index (χ1v) is 9.64. The third-order valence-electron chi connectivity index (χ3n) is 4.27. The van der Waals surface area contributed by atoms with Gasteiger partial charge in [0.25, 0.3) is 0 Å². The van der Waals surface area contributed by atoms with Crippen molar-refractivity contribution in [1.29, 1.82) is 0 Å². The van der Waals surface area contributed by atoms with Gasteiger partial charge in [0.15, 0.2) is 0 Å². The smallest absolute Gasteiger partial charge is 0.224 e. The maximum absolute atomic E-state index is 13.1. The summed E-state index contributed by atoms with van der Waals surface area (Å²) in [6.07, 6.45) is 6.25. The molecule has 0 radical (unpaired) electrons. The second-order valence-electron chi connectivity index (χ2n) is 6.74. The molecule has 0 aliphatic carbocycles. The normalized spacial score (nSPS) is 10.5. The third kappa shape index (κ3) is 8.75. The number of carbonyl (C=O) groups is 2. The number of rotatable bonds is 11. The van der Waals surface area contributed by atoms with Gasteiger partial charge < -0.3 is 10.6 Å². The summed E-state index contributed by atoms with van der Waals surface area (Å²) in [5, 5.41) is 5.37. The number of unbranched alkanes of at least 4 members (excludes halogenated alkanes) is 5. The van der Waals surface area contributed by atoms with E-state index in [9.17, 15) is 18.4 Å². The lowest BCUT2D eigenvalue weighted by Gasteiger charge is -2.06. The summed E-state index contributed by atoms with van der Waals surface area (Å²) in [5.74, 6) is -0.968. The van der Waals surface area contributed by atoms with Crippen molar-refractivity contribution in [2.75, 3.05) is 10.6 Å². The molecule has 0 heterocycles. The van der Waals surface area contributed by atoms with E-state index < -0.39 is 0 Å². The van der Waals surface area contributed by atoms with E-state index in [4.69, 9.17) is 0 Å². The number of nitrogens with one attached hydrogen (secondary N) is 2. The Morgan fingerprint density at radius 1 is 0.643 bits per heavy atom. The van der Waals surface area contributed by atoms with Crippen LogP contribution in [0.4, 0.5) is 20.2 Å². The Hall–Kier alpha value is -2.76. The molecule has 6 heteroatoms. The number of amides is 2. The van der Waals surface area contributed by atoms with Gasteiger partial charge in [0.1, 0.15) is 11.6 Å². The predicted octanol–water partition coefficient (Wildman–Crippen LogP) is 5.66. The molecular formula is C22H26F2N2O2. The van der Waals surface area contributed by atoms with Crippen LogP contribution < -0.4 is 10.6 Å². The number of carbonyl (C=O) groups excluding carboxylic acids is 2. The molecule has 0 aliphatic rings. The van der Waals surface area contributed by atoms with Crippen molar-refractivity contribution < 1.29 is 18.4 Å². The molecule has 0 unspecified atom stereocenters. The first-order chi connectivity index (χ1) is 13.5. The van der Waals surface area contributed by atoms with Gasteiger partial charge in [-0.1, -0.05) is 37.8 Å². The Balaban J connectivity index is 1.47. The Morgan fingerprint density at radius 3 is 1.43 bits per heavy atom. The predicted molar refractivity (Wildman–Crippen MR) is 107 cm³/mol. The molecular weight excluding hydrogens is 362 g/mol. The number of hydrogen-bond donors (Lipinski definition) is 2. The lowest BCUT2D eigenvalue weighted by Crippen LogP contribution is -2.11. The van der Waals surface area contributed by atoms with E-state index in [0.29, 0.717) is 24.2 Å². The average Bonchev–Trinajstić information content (AvgIpc) is 2.64. The Morgan fingerprint density at radius 2 is 1.04 bits per heavy atom. The van der Waals surface area contributed by atoms with E-state index >= 15 is 0 Å². The van der Waals surface area contributed by atoms with Gasteiger partial charge in [-0.2, -0.15) is 0 Å². The molecule has 2 aromatic rings. The fourth-order valence-corrected chi connectivity index (χ4v) is 2.86. The van der Waals surface area contributed by atoms with Crippen molar-refractivity contribution in [1.82, 2.24) is 0 Å². The number of hydrogen-bond acceptors (Lipinski definition) is 2. The second kappa shape index (κ2) is 11.8. The first-order valence-electron chi connectivity index (χ1n) is 9.64. The minimum absolute atomic E-state index is 0.111. The summed E-state index contributed by atoms with van der Waals surface area (Å²) in [7, 11) is 0. The highest BCUT2D eigenvalue weighted by atomic mass is 19.1. The van der Waals surface area contributed by atoms with Gasteiger partial charge in [-0.25, -0.2) is 8.78 Å². The number of benzene rings is 2. The minimum Gasteiger partial charge on any atom is -0.326 e. The van der Waals surface area contributed by atoms with E-state index in [0.717, 1.165) is 38.5 Å². The van der Waals surface area contributed by atoms with Crippen LogP contribution in [-0.2, 0) is 9.59 Å². The molecule has 0 spiro atoms. The summed E-state index contributed by atoms with van der Waals surface area (Å²) >= 11 is 0. The molecule has 0 atom stereocenters. The van der Waals surface area contributed by atoms with Crippen LogP contribution in [0.2, 0.25) is 0 Å². The first kappa shape index (κ1) is 21.5. The molecule has 0 saturated carbocycles. The summed E-state index contributed by atoms with van der Waals surface area (Å²) in [5.41, 5.74) is 0.947. The van der Waals surface area contributed by atoms with Crippen molar-refractivity contribution in [2.45, 2.75) is 51.4 Å². The molecule has 2 aromatic carbocycles. The van der Waals surface area contributed by atoms with E-state index in [2.05, 4.69) is 10.6 Å². The number of halogens is 2. The van der Waals surface area contributed by atoms with Crippen LogP contribution in [0.15, 0.2) is 48.5 Å². The van der Waals surface area contributed by atoms with Gasteiger partial charge in [-0.3, -0.25) is 9.59 Å². The lowest BCUT2D eigenvalue weighted by molar-refractivity contribution is -0.117.